The van der Waals surface area contributed by atoms with Gasteiger partial charge in [0.15, 0.2) is 0 Å². The molecule has 0 aromatic heterocycles. The number of rotatable bonds is 4. The van der Waals surface area contributed by atoms with Crippen molar-refractivity contribution >= 4 is 6.98 Å². The zero-order valence-electron chi connectivity index (χ0n) is 8.85. The summed E-state index contributed by atoms with van der Waals surface area (Å²) < 4.78 is 46.3. The molecule has 0 unspecified atom stereocenters. The van der Waals surface area contributed by atoms with Gasteiger partial charge in [0.05, 0.1) is 6.10 Å². The number of ether oxygens (including phenoxy) is 2. The van der Waals surface area contributed by atoms with Gasteiger partial charge in [-0.05, 0) is 12.8 Å². The number of hydrogen-bond donors (Lipinski definition) is 0. The van der Waals surface area contributed by atoms with Crippen LogP contribution >= 0.6 is 0 Å². The van der Waals surface area contributed by atoms with E-state index in [1.807, 2.05) is 0 Å². The summed E-state index contributed by atoms with van der Waals surface area (Å²) in [6.07, 6.45) is 1.22. The SMILES string of the molecule is C=C(COC1CCOCC1)[B-](F)(F)F.[K+]. The second kappa shape index (κ2) is 7.47. The smallest absolute Gasteiger partial charge is 0.445 e. The molecule has 0 N–H and O–H groups in total. The monoisotopic (exact) mass is 248 g/mol. The maximum absolute atomic E-state index is 12.1. The molecule has 15 heavy (non-hydrogen) atoms. The summed E-state index contributed by atoms with van der Waals surface area (Å²) in [7, 11) is 0. The van der Waals surface area contributed by atoms with Crippen LogP contribution in [0.4, 0.5) is 12.9 Å². The molecule has 1 rings (SSSR count). The van der Waals surface area contributed by atoms with E-state index in [-0.39, 0.29) is 57.5 Å². The molecule has 82 valence electrons. The molecule has 7 heteroatoms. The summed E-state index contributed by atoms with van der Waals surface area (Å²) >= 11 is 0. The maximum Gasteiger partial charge on any atom is 1.00 e. The average molecular weight is 248 g/mol. The van der Waals surface area contributed by atoms with Crippen molar-refractivity contribution in [1.82, 2.24) is 0 Å². The molecular weight excluding hydrogens is 235 g/mol. The van der Waals surface area contributed by atoms with Crippen molar-refractivity contribution in [3.8, 4) is 0 Å². The molecule has 0 amide bonds. The number of hydrogen-bond acceptors (Lipinski definition) is 2. The standard InChI is InChI=1S/C8H13BF3O2.K/c1-7(9(10,11)12)6-14-8-2-4-13-5-3-8;/h8H,1-6H2;/q-1;+1. The van der Waals surface area contributed by atoms with Crippen molar-refractivity contribution in [2.24, 2.45) is 0 Å². The van der Waals surface area contributed by atoms with Crippen molar-refractivity contribution in [3.63, 3.8) is 0 Å². The normalized spacial score (nSPS) is 18.3. The van der Waals surface area contributed by atoms with Gasteiger partial charge in [0.1, 0.15) is 0 Å². The van der Waals surface area contributed by atoms with E-state index < -0.39 is 19.1 Å². The number of halogens is 3. The molecule has 0 bridgehead atoms. The van der Waals surface area contributed by atoms with Crippen LogP contribution in [0, 0.1) is 0 Å². The Bertz CT molecular complexity index is 205. The third kappa shape index (κ3) is 6.45. The van der Waals surface area contributed by atoms with E-state index >= 15 is 0 Å². The minimum Gasteiger partial charge on any atom is -0.445 e. The van der Waals surface area contributed by atoms with Gasteiger partial charge in [-0.1, -0.05) is 0 Å². The van der Waals surface area contributed by atoms with Crippen LogP contribution < -0.4 is 51.4 Å². The molecule has 1 aliphatic rings. The molecule has 0 radical (unpaired) electrons. The summed E-state index contributed by atoms with van der Waals surface area (Å²) in [4.78, 5) is 0. The van der Waals surface area contributed by atoms with Crippen LogP contribution in [0.1, 0.15) is 12.8 Å². The molecular formula is C8H13BF3KO2. The molecule has 0 aromatic carbocycles. The predicted molar refractivity (Wildman–Crippen MR) is 48.0 cm³/mol. The molecule has 0 aromatic rings. The van der Waals surface area contributed by atoms with E-state index in [9.17, 15) is 12.9 Å². The third-order valence-electron chi connectivity index (χ3n) is 2.14. The van der Waals surface area contributed by atoms with Crippen LogP contribution in [0.3, 0.4) is 0 Å². The molecule has 1 fully saturated rings. The fourth-order valence-electron chi connectivity index (χ4n) is 1.16. The largest absolute Gasteiger partial charge is 1.00 e. The first-order valence-electron chi connectivity index (χ1n) is 4.57. The zero-order valence-corrected chi connectivity index (χ0v) is 12.0. The fraction of sp³-hybridized carbons (Fsp3) is 0.750. The quantitative estimate of drug-likeness (QED) is 0.602. The average Bonchev–Trinajstić information content (AvgIpc) is 2.14. The fourth-order valence-corrected chi connectivity index (χ4v) is 1.16. The van der Waals surface area contributed by atoms with Gasteiger partial charge >= 0.3 is 58.4 Å². The van der Waals surface area contributed by atoms with E-state index in [1.54, 1.807) is 0 Å². The summed E-state index contributed by atoms with van der Waals surface area (Å²) in [5.41, 5.74) is -0.767. The molecule has 0 atom stereocenters. The van der Waals surface area contributed by atoms with Crippen LogP contribution in [0.25, 0.3) is 0 Å². The van der Waals surface area contributed by atoms with Gasteiger partial charge in [-0.2, -0.15) is 0 Å². The van der Waals surface area contributed by atoms with Gasteiger partial charge in [0.2, 0.25) is 0 Å². The van der Waals surface area contributed by atoms with Crippen molar-refractivity contribution in [1.29, 1.82) is 0 Å². The molecule has 1 saturated heterocycles. The summed E-state index contributed by atoms with van der Waals surface area (Å²) in [5, 5.41) is 0. The van der Waals surface area contributed by atoms with Gasteiger partial charge in [-0.15, -0.1) is 12.1 Å². The molecule has 1 heterocycles. The van der Waals surface area contributed by atoms with Gasteiger partial charge in [-0.25, -0.2) is 0 Å². The van der Waals surface area contributed by atoms with E-state index in [1.165, 1.54) is 0 Å². The Morgan fingerprint density at radius 2 is 1.87 bits per heavy atom. The Kier molecular flexibility index (Phi) is 8.05. The van der Waals surface area contributed by atoms with E-state index in [0.717, 1.165) is 0 Å². The first-order chi connectivity index (χ1) is 6.50. The Hall–Kier alpha value is 1.15. The Morgan fingerprint density at radius 1 is 1.33 bits per heavy atom. The van der Waals surface area contributed by atoms with Gasteiger partial charge in [-0.3, -0.25) is 0 Å². The second-order valence-electron chi connectivity index (χ2n) is 3.36. The van der Waals surface area contributed by atoms with E-state index in [4.69, 9.17) is 9.47 Å². The molecule has 1 aliphatic heterocycles. The third-order valence-corrected chi connectivity index (χ3v) is 2.14. The zero-order chi connectivity index (χ0) is 10.6. The summed E-state index contributed by atoms with van der Waals surface area (Å²) in [6.45, 7) is -1.28. The summed E-state index contributed by atoms with van der Waals surface area (Å²) in [6, 6.07) is 0. The van der Waals surface area contributed by atoms with E-state index in [2.05, 4.69) is 6.58 Å². The first kappa shape index (κ1) is 16.2. The molecule has 2 nitrogen and oxygen atoms in total. The Balaban J connectivity index is 0.00000196. The van der Waals surface area contributed by atoms with Crippen molar-refractivity contribution in [2.45, 2.75) is 18.9 Å². The van der Waals surface area contributed by atoms with Gasteiger partial charge in [0.25, 0.3) is 0 Å². The topological polar surface area (TPSA) is 18.5 Å². The van der Waals surface area contributed by atoms with Crippen LogP contribution in [0.5, 0.6) is 0 Å². The van der Waals surface area contributed by atoms with Crippen LogP contribution in [-0.4, -0.2) is 32.9 Å². The Labute approximate surface area is 130 Å². The molecule has 0 aliphatic carbocycles. The molecule has 0 spiro atoms. The first-order valence-corrected chi connectivity index (χ1v) is 4.57. The van der Waals surface area contributed by atoms with Gasteiger partial charge < -0.3 is 22.4 Å². The van der Waals surface area contributed by atoms with Gasteiger partial charge in [0, 0.05) is 19.8 Å². The summed E-state index contributed by atoms with van der Waals surface area (Å²) in [5.74, 6) is 0. The van der Waals surface area contributed by atoms with Crippen LogP contribution in [0.2, 0.25) is 0 Å². The van der Waals surface area contributed by atoms with Crippen molar-refractivity contribution in [3.05, 3.63) is 12.1 Å². The van der Waals surface area contributed by atoms with Crippen LogP contribution in [-0.2, 0) is 9.47 Å². The Morgan fingerprint density at radius 3 is 2.33 bits per heavy atom. The van der Waals surface area contributed by atoms with Crippen molar-refractivity contribution < 1.29 is 73.8 Å². The molecule has 0 saturated carbocycles. The maximum atomic E-state index is 12.1. The van der Waals surface area contributed by atoms with Crippen molar-refractivity contribution in [2.75, 3.05) is 19.8 Å². The minimum atomic E-state index is -4.95. The van der Waals surface area contributed by atoms with Crippen LogP contribution in [0.15, 0.2) is 12.1 Å². The predicted octanol–water partition coefficient (Wildman–Crippen LogP) is -0.871. The minimum absolute atomic E-state index is 0. The van der Waals surface area contributed by atoms with E-state index in [0.29, 0.717) is 26.1 Å². The second-order valence-corrected chi connectivity index (χ2v) is 3.36.